The number of carbonyl (C=O) groups is 1. The summed E-state index contributed by atoms with van der Waals surface area (Å²) in [6.45, 7) is 7.05. The molecule has 0 bridgehead atoms. The highest BCUT2D eigenvalue weighted by molar-refractivity contribution is 5.76. The Labute approximate surface area is 73.2 Å². The molecule has 0 aliphatic rings. The second kappa shape index (κ2) is 3.87. The van der Waals surface area contributed by atoms with Crippen molar-refractivity contribution >= 4 is 5.97 Å². The molecule has 72 valence electrons. The van der Waals surface area contributed by atoms with Crippen molar-refractivity contribution in [1.82, 2.24) is 0 Å². The van der Waals surface area contributed by atoms with Crippen molar-refractivity contribution in [2.45, 2.75) is 45.4 Å². The van der Waals surface area contributed by atoms with Crippen LogP contribution in [-0.2, 0) is 9.53 Å². The predicted molar refractivity (Wildman–Crippen MR) is 47.5 cm³/mol. The zero-order valence-electron chi connectivity index (χ0n) is 8.13. The summed E-state index contributed by atoms with van der Waals surface area (Å²) in [6, 6.07) is -1.11. The Morgan fingerprint density at radius 2 is 1.75 bits per heavy atom. The van der Waals surface area contributed by atoms with Gasteiger partial charge >= 0.3 is 5.97 Å². The van der Waals surface area contributed by atoms with Crippen molar-refractivity contribution in [1.29, 1.82) is 0 Å². The molecule has 4 nitrogen and oxygen atoms in total. The minimum atomic E-state index is -0.732. The maximum atomic E-state index is 11.2. The van der Waals surface area contributed by atoms with Gasteiger partial charge in [0.2, 0.25) is 0 Å². The molecule has 0 heterocycles. The molecule has 0 aromatic carbocycles. The van der Waals surface area contributed by atoms with Crippen LogP contribution in [-0.4, -0.2) is 23.7 Å². The molecule has 12 heavy (non-hydrogen) atoms. The maximum Gasteiger partial charge on any atom is 0.325 e. The lowest BCUT2D eigenvalue weighted by Crippen LogP contribution is -2.48. The van der Waals surface area contributed by atoms with E-state index in [1.54, 1.807) is 27.7 Å². The van der Waals surface area contributed by atoms with Gasteiger partial charge in [0.1, 0.15) is 11.6 Å². The van der Waals surface area contributed by atoms with Gasteiger partial charge in [-0.25, -0.2) is 0 Å². The van der Waals surface area contributed by atoms with Gasteiger partial charge in [-0.3, -0.25) is 4.79 Å². The number of hydrogen-bond donors (Lipinski definition) is 2. The topological polar surface area (TPSA) is 78.3 Å². The van der Waals surface area contributed by atoms with Crippen LogP contribution < -0.4 is 11.5 Å². The SMILES string of the molecule is C[C@H](N)[C@@H](N)C(=O)OC(C)(C)C. The lowest BCUT2D eigenvalue weighted by Gasteiger charge is -2.23. The Hall–Kier alpha value is -0.610. The van der Waals surface area contributed by atoms with Crippen molar-refractivity contribution in [2.24, 2.45) is 11.5 Å². The van der Waals surface area contributed by atoms with Crippen LogP contribution in [0.1, 0.15) is 27.7 Å². The van der Waals surface area contributed by atoms with E-state index in [0.717, 1.165) is 0 Å². The van der Waals surface area contributed by atoms with E-state index in [-0.39, 0.29) is 6.04 Å². The van der Waals surface area contributed by atoms with E-state index in [1.165, 1.54) is 0 Å². The Balaban J connectivity index is 4.05. The van der Waals surface area contributed by atoms with Gasteiger partial charge in [-0.15, -0.1) is 0 Å². The van der Waals surface area contributed by atoms with Gasteiger partial charge in [-0.2, -0.15) is 0 Å². The first-order chi connectivity index (χ1) is 5.24. The molecule has 0 aliphatic heterocycles. The molecule has 0 spiro atoms. The molecule has 0 amide bonds. The number of esters is 1. The van der Waals surface area contributed by atoms with Crippen molar-refractivity contribution < 1.29 is 9.53 Å². The molecular weight excluding hydrogens is 156 g/mol. The van der Waals surface area contributed by atoms with Gasteiger partial charge in [-0.1, -0.05) is 0 Å². The molecule has 0 unspecified atom stereocenters. The fraction of sp³-hybridized carbons (Fsp3) is 0.875. The fourth-order valence-electron chi connectivity index (χ4n) is 0.584. The molecule has 0 saturated carbocycles. The second-order valence-electron chi connectivity index (χ2n) is 3.92. The van der Waals surface area contributed by atoms with E-state index in [9.17, 15) is 4.79 Å². The van der Waals surface area contributed by atoms with Gasteiger partial charge in [0.05, 0.1) is 0 Å². The smallest absolute Gasteiger partial charge is 0.325 e. The van der Waals surface area contributed by atoms with Gasteiger partial charge < -0.3 is 16.2 Å². The summed E-state index contributed by atoms with van der Waals surface area (Å²) in [7, 11) is 0. The minimum Gasteiger partial charge on any atom is -0.459 e. The van der Waals surface area contributed by atoms with Crippen LogP contribution in [0.25, 0.3) is 0 Å². The summed E-state index contributed by atoms with van der Waals surface area (Å²) in [5.41, 5.74) is 10.4. The van der Waals surface area contributed by atoms with Crippen LogP contribution in [0, 0.1) is 0 Å². The van der Waals surface area contributed by atoms with E-state index in [2.05, 4.69) is 0 Å². The molecule has 2 atom stereocenters. The number of rotatable bonds is 2. The molecule has 0 radical (unpaired) electrons. The molecule has 4 heteroatoms. The van der Waals surface area contributed by atoms with Crippen molar-refractivity contribution in [3.63, 3.8) is 0 Å². The number of nitrogens with two attached hydrogens (primary N) is 2. The molecule has 4 N–H and O–H groups in total. The van der Waals surface area contributed by atoms with Gasteiger partial charge in [0.25, 0.3) is 0 Å². The van der Waals surface area contributed by atoms with Gasteiger partial charge in [0, 0.05) is 6.04 Å². The quantitative estimate of drug-likeness (QED) is 0.578. The molecule has 0 aromatic heterocycles. The van der Waals surface area contributed by atoms with Gasteiger partial charge in [-0.05, 0) is 27.7 Å². The third-order valence-electron chi connectivity index (χ3n) is 1.25. The zero-order valence-corrected chi connectivity index (χ0v) is 8.13. The van der Waals surface area contributed by atoms with E-state index in [4.69, 9.17) is 16.2 Å². The molecule has 0 fully saturated rings. The summed E-state index contributed by atoms with van der Waals surface area (Å²) in [5.74, 6) is -0.447. The second-order valence-corrected chi connectivity index (χ2v) is 3.92. The molecular formula is C8H18N2O2. The minimum absolute atomic E-state index is 0.375. The van der Waals surface area contributed by atoms with Gasteiger partial charge in [0.15, 0.2) is 0 Å². The van der Waals surface area contributed by atoms with Crippen LogP contribution in [0.5, 0.6) is 0 Å². The van der Waals surface area contributed by atoms with Crippen LogP contribution in [0.15, 0.2) is 0 Å². The highest BCUT2D eigenvalue weighted by atomic mass is 16.6. The third-order valence-corrected chi connectivity index (χ3v) is 1.25. The molecule has 0 aliphatic carbocycles. The van der Waals surface area contributed by atoms with E-state index in [1.807, 2.05) is 0 Å². The number of carbonyl (C=O) groups excluding carboxylic acids is 1. The average Bonchev–Trinajstić information content (AvgIpc) is 1.82. The van der Waals surface area contributed by atoms with Crippen LogP contribution in [0.3, 0.4) is 0 Å². The van der Waals surface area contributed by atoms with Crippen molar-refractivity contribution in [3.05, 3.63) is 0 Å². The third kappa shape index (κ3) is 4.31. The first-order valence-corrected chi connectivity index (χ1v) is 3.98. The summed E-state index contributed by atoms with van der Waals surface area (Å²) < 4.78 is 5.02. The monoisotopic (exact) mass is 174 g/mol. The Morgan fingerprint density at radius 3 is 2.00 bits per heavy atom. The standard InChI is InChI=1S/C8H18N2O2/c1-5(9)6(10)7(11)12-8(2,3)4/h5-6H,9-10H2,1-4H3/t5-,6+/m0/s1. The average molecular weight is 174 g/mol. The molecule has 0 rings (SSSR count). The van der Waals surface area contributed by atoms with E-state index < -0.39 is 17.6 Å². The Kier molecular flexibility index (Phi) is 3.67. The predicted octanol–water partition coefficient (Wildman–Crippen LogP) is 0.00260. The zero-order chi connectivity index (χ0) is 9.94. The fourth-order valence-corrected chi connectivity index (χ4v) is 0.584. The summed E-state index contributed by atoms with van der Waals surface area (Å²) in [4.78, 5) is 11.2. The Bertz CT molecular complexity index is 161. The van der Waals surface area contributed by atoms with Crippen molar-refractivity contribution in [3.8, 4) is 0 Å². The van der Waals surface area contributed by atoms with E-state index in [0.29, 0.717) is 0 Å². The lowest BCUT2D eigenvalue weighted by molar-refractivity contribution is -0.156. The first kappa shape index (κ1) is 11.4. The summed E-state index contributed by atoms with van der Waals surface area (Å²) in [6.07, 6.45) is 0. The molecule has 0 saturated heterocycles. The maximum absolute atomic E-state index is 11.2. The van der Waals surface area contributed by atoms with Crippen LogP contribution >= 0.6 is 0 Å². The molecule has 0 aromatic rings. The lowest BCUT2D eigenvalue weighted by atomic mass is 10.1. The summed E-state index contributed by atoms with van der Waals surface area (Å²) in [5, 5.41) is 0. The highest BCUT2D eigenvalue weighted by Gasteiger charge is 2.24. The van der Waals surface area contributed by atoms with Crippen LogP contribution in [0.4, 0.5) is 0 Å². The Morgan fingerprint density at radius 1 is 1.33 bits per heavy atom. The highest BCUT2D eigenvalue weighted by Crippen LogP contribution is 2.08. The van der Waals surface area contributed by atoms with Crippen LogP contribution in [0.2, 0.25) is 0 Å². The van der Waals surface area contributed by atoms with Crippen molar-refractivity contribution in [2.75, 3.05) is 0 Å². The normalized spacial score (nSPS) is 16.8. The van der Waals surface area contributed by atoms with E-state index >= 15 is 0 Å². The largest absolute Gasteiger partial charge is 0.459 e. The number of ether oxygens (including phenoxy) is 1. The first-order valence-electron chi connectivity index (χ1n) is 3.98. The summed E-state index contributed by atoms with van der Waals surface area (Å²) >= 11 is 0. The number of hydrogen-bond acceptors (Lipinski definition) is 4.